The van der Waals surface area contributed by atoms with Gasteiger partial charge in [-0.2, -0.15) is 18.4 Å². The predicted molar refractivity (Wildman–Crippen MR) is 109 cm³/mol. The van der Waals surface area contributed by atoms with Crippen LogP contribution in [0.4, 0.5) is 24.5 Å². The van der Waals surface area contributed by atoms with Gasteiger partial charge in [-0.1, -0.05) is 12.1 Å². The van der Waals surface area contributed by atoms with Crippen molar-refractivity contribution in [1.29, 1.82) is 5.26 Å². The number of nitrogens with two attached hydrogens (primary N) is 2. The number of nitriles is 1. The molecule has 6 N–H and O–H groups in total. The summed E-state index contributed by atoms with van der Waals surface area (Å²) in [6, 6.07) is 6.44. The Hall–Kier alpha value is -3.36. The van der Waals surface area contributed by atoms with E-state index in [1.807, 2.05) is 0 Å². The van der Waals surface area contributed by atoms with E-state index in [9.17, 15) is 23.2 Å². The van der Waals surface area contributed by atoms with E-state index in [0.717, 1.165) is 0 Å². The number of hydrogen-bond donors (Lipinski definition) is 4. The number of halogens is 3. The average molecular weight is 434 g/mol. The Balaban J connectivity index is 1.88. The summed E-state index contributed by atoms with van der Waals surface area (Å²) in [5.41, 5.74) is 11.3. The highest BCUT2D eigenvalue weighted by Crippen LogP contribution is 2.31. The fraction of sp³-hybridized carbons (Fsp3) is 0.350. The van der Waals surface area contributed by atoms with E-state index < -0.39 is 17.8 Å². The van der Waals surface area contributed by atoms with Crippen molar-refractivity contribution in [2.45, 2.75) is 24.7 Å². The van der Waals surface area contributed by atoms with Crippen LogP contribution in [0.5, 0.6) is 0 Å². The Morgan fingerprint density at radius 2 is 2.03 bits per heavy atom. The summed E-state index contributed by atoms with van der Waals surface area (Å²) in [5, 5.41) is 12.5. The van der Waals surface area contributed by atoms with Crippen molar-refractivity contribution in [3.8, 4) is 6.07 Å². The Bertz CT molecular complexity index is 1040. The predicted octanol–water partition coefficient (Wildman–Crippen LogP) is 2.31. The highest BCUT2D eigenvalue weighted by atomic mass is 19.4. The Morgan fingerprint density at radius 1 is 1.32 bits per heavy atom. The number of ether oxygens (including phenoxy) is 1. The molecule has 3 atom stereocenters. The van der Waals surface area contributed by atoms with Crippen molar-refractivity contribution in [2.75, 3.05) is 18.5 Å². The van der Waals surface area contributed by atoms with Crippen LogP contribution in [-0.4, -0.2) is 36.3 Å². The molecule has 11 heteroatoms. The fourth-order valence-electron chi connectivity index (χ4n) is 3.23. The molecule has 0 bridgehead atoms. The highest BCUT2D eigenvalue weighted by Gasteiger charge is 2.37. The number of aromatic amines is 1. The number of alkyl halides is 3. The van der Waals surface area contributed by atoms with Crippen LogP contribution in [0.15, 0.2) is 46.3 Å². The van der Waals surface area contributed by atoms with Gasteiger partial charge >= 0.3 is 6.18 Å². The minimum atomic E-state index is -4.56. The van der Waals surface area contributed by atoms with Gasteiger partial charge in [0.1, 0.15) is 17.4 Å². The lowest BCUT2D eigenvalue weighted by atomic mass is 9.96. The third-order valence-corrected chi connectivity index (χ3v) is 4.93. The molecule has 1 saturated heterocycles. The van der Waals surface area contributed by atoms with Gasteiger partial charge in [-0.15, -0.1) is 0 Å². The van der Waals surface area contributed by atoms with Crippen molar-refractivity contribution < 1.29 is 17.9 Å². The zero-order chi connectivity index (χ0) is 22.6. The van der Waals surface area contributed by atoms with Crippen LogP contribution in [0.2, 0.25) is 0 Å². The fourth-order valence-corrected chi connectivity index (χ4v) is 3.23. The molecule has 31 heavy (non-hydrogen) atoms. The van der Waals surface area contributed by atoms with E-state index in [0.29, 0.717) is 25.3 Å². The third kappa shape index (κ3) is 5.22. The lowest BCUT2D eigenvalue weighted by Gasteiger charge is -2.29. The first-order chi connectivity index (χ1) is 14.7. The summed E-state index contributed by atoms with van der Waals surface area (Å²) in [7, 11) is 0. The van der Waals surface area contributed by atoms with E-state index in [1.54, 1.807) is 6.07 Å². The Labute approximate surface area is 175 Å². The van der Waals surface area contributed by atoms with Crippen molar-refractivity contribution in [2.24, 2.45) is 22.4 Å². The smallest absolute Gasteiger partial charge is 0.383 e. The van der Waals surface area contributed by atoms with Gasteiger partial charge in [0.2, 0.25) is 0 Å². The molecule has 1 aromatic heterocycles. The zero-order valence-corrected chi connectivity index (χ0v) is 16.3. The van der Waals surface area contributed by atoms with Crippen LogP contribution >= 0.6 is 0 Å². The Kier molecular flexibility index (Phi) is 6.62. The van der Waals surface area contributed by atoms with E-state index >= 15 is 0 Å². The molecule has 2 heterocycles. The lowest BCUT2D eigenvalue weighted by Crippen LogP contribution is -2.39. The number of amidine groups is 1. The van der Waals surface area contributed by atoms with Crippen LogP contribution < -0.4 is 22.3 Å². The molecule has 1 aliphatic heterocycles. The number of nitrogens with zero attached hydrogens (tertiary/aromatic N) is 2. The van der Waals surface area contributed by atoms with E-state index in [2.05, 4.69) is 21.4 Å². The van der Waals surface area contributed by atoms with Crippen LogP contribution in [0.1, 0.15) is 23.6 Å². The summed E-state index contributed by atoms with van der Waals surface area (Å²) >= 11 is 0. The first-order valence-corrected chi connectivity index (χ1v) is 9.43. The number of aliphatic imine (C=N–C) groups is 1. The topological polar surface area (TPSA) is 142 Å². The first-order valence-electron chi connectivity index (χ1n) is 9.43. The molecule has 3 rings (SSSR count). The number of hydrogen-bond acceptors (Lipinski definition) is 6. The van der Waals surface area contributed by atoms with Crippen molar-refractivity contribution in [3.05, 3.63) is 58.0 Å². The summed E-state index contributed by atoms with van der Waals surface area (Å²) in [6.45, 7) is 0.776. The van der Waals surface area contributed by atoms with Crippen LogP contribution in [0.25, 0.3) is 0 Å². The minimum absolute atomic E-state index is 0.0563. The van der Waals surface area contributed by atoms with Gasteiger partial charge in [-0.3, -0.25) is 4.79 Å². The quantitative estimate of drug-likeness (QED) is 0.420. The van der Waals surface area contributed by atoms with Gasteiger partial charge in [0, 0.05) is 12.8 Å². The second-order valence-electron chi connectivity index (χ2n) is 7.05. The number of rotatable bonds is 5. The van der Waals surface area contributed by atoms with E-state index in [1.165, 1.54) is 30.5 Å². The van der Waals surface area contributed by atoms with E-state index in [4.69, 9.17) is 16.2 Å². The lowest BCUT2D eigenvalue weighted by molar-refractivity contribution is -0.149. The SMILES string of the molecule is N#C[C@H]1CCOCC1Nc1cc[nH]c(=O)c1C(N)=Nc1ccc(C(N)C(F)(F)F)cc1. The maximum atomic E-state index is 12.8. The summed E-state index contributed by atoms with van der Waals surface area (Å²) < 4.78 is 43.7. The monoisotopic (exact) mass is 434 g/mol. The molecular weight excluding hydrogens is 413 g/mol. The molecule has 164 valence electrons. The number of H-pyrrole nitrogens is 1. The normalized spacial score (nSPS) is 20.7. The molecule has 8 nitrogen and oxygen atoms in total. The third-order valence-electron chi connectivity index (χ3n) is 4.93. The van der Waals surface area contributed by atoms with Gasteiger partial charge in [0.05, 0.1) is 36.0 Å². The van der Waals surface area contributed by atoms with Gasteiger partial charge < -0.3 is 26.5 Å². The standard InChI is InChI=1S/C20H21F3N6O2/c21-20(22,23)17(25)11-1-3-13(4-2-11)28-18(26)16-14(5-7-27-19(16)30)29-15-10-31-8-6-12(15)9-24/h1-5,7,12,15,17H,6,8,10,25H2,(H2,26,28)(H2,27,29,30)/t12-,15?,17?/m1/s1. The van der Waals surface area contributed by atoms with Gasteiger partial charge in [0.15, 0.2) is 0 Å². The maximum absolute atomic E-state index is 12.8. The molecule has 1 aromatic carbocycles. The number of nitrogens with one attached hydrogen (secondary N) is 2. The summed E-state index contributed by atoms with van der Waals surface area (Å²) in [5.74, 6) is -0.438. The van der Waals surface area contributed by atoms with Gasteiger partial charge in [0.25, 0.3) is 5.56 Å². The van der Waals surface area contributed by atoms with Crippen LogP contribution in [-0.2, 0) is 4.74 Å². The molecule has 2 aromatic rings. The molecule has 1 aliphatic rings. The number of benzene rings is 1. The second kappa shape index (κ2) is 9.20. The zero-order valence-electron chi connectivity index (χ0n) is 16.3. The average Bonchev–Trinajstić information content (AvgIpc) is 2.73. The first kappa shape index (κ1) is 22.3. The molecule has 0 aliphatic carbocycles. The maximum Gasteiger partial charge on any atom is 0.407 e. The molecule has 0 radical (unpaired) electrons. The molecule has 0 saturated carbocycles. The summed E-state index contributed by atoms with van der Waals surface area (Å²) in [4.78, 5) is 19.1. The van der Waals surface area contributed by atoms with Crippen molar-refractivity contribution >= 4 is 17.2 Å². The summed E-state index contributed by atoms with van der Waals surface area (Å²) in [6.07, 6.45) is -2.58. The number of anilines is 1. The van der Waals surface area contributed by atoms with Crippen molar-refractivity contribution in [3.63, 3.8) is 0 Å². The molecule has 0 amide bonds. The Morgan fingerprint density at radius 3 is 2.68 bits per heavy atom. The molecular formula is C20H21F3N6O2. The van der Waals surface area contributed by atoms with Gasteiger partial charge in [-0.05, 0) is 30.2 Å². The number of pyridine rings is 1. The van der Waals surface area contributed by atoms with E-state index in [-0.39, 0.29) is 34.6 Å². The van der Waals surface area contributed by atoms with Crippen LogP contribution in [0, 0.1) is 17.2 Å². The largest absolute Gasteiger partial charge is 0.407 e. The van der Waals surface area contributed by atoms with Crippen LogP contribution in [0.3, 0.4) is 0 Å². The second-order valence-corrected chi connectivity index (χ2v) is 7.05. The highest BCUT2D eigenvalue weighted by molar-refractivity contribution is 6.03. The molecule has 1 fully saturated rings. The number of aromatic nitrogens is 1. The molecule has 0 spiro atoms. The molecule has 2 unspecified atom stereocenters. The minimum Gasteiger partial charge on any atom is -0.383 e. The van der Waals surface area contributed by atoms with Gasteiger partial charge in [-0.25, -0.2) is 4.99 Å². The van der Waals surface area contributed by atoms with Crippen molar-refractivity contribution in [1.82, 2.24) is 4.98 Å².